The third-order valence-corrected chi connectivity index (χ3v) is 7.64. The summed E-state index contributed by atoms with van der Waals surface area (Å²) in [5.74, 6) is -0.755. The largest absolute Gasteiger partial charge is 0.476 e. The van der Waals surface area contributed by atoms with Crippen LogP contribution >= 0.6 is 34.8 Å². The van der Waals surface area contributed by atoms with Crippen LogP contribution in [-0.2, 0) is 4.79 Å². The predicted octanol–water partition coefficient (Wildman–Crippen LogP) is 6.41. The number of anilines is 1. The van der Waals surface area contributed by atoms with Gasteiger partial charge < -0.3 is 20.3 Å². The second-order valence-electron chi connectivity index (χ2n) is 10.1. The molecule has 1 unspecified atom stereocenters. The van der Waals surface area contributed by atoms with Gasteiger partial charge in [-0.25, -0.2) is 0 Å². The molecule has 2 aromatic carbocycles. The van der Waals surface area contributed by atoms with Crippen LogP contribution in [0.5, 0.6) is 5.75 Å². The lowest BCUT2D eigenvalue weighted by molar-refractivity contribution is -0.135. The Bertz CT molecular complexity index is 1210. The first kappa shape index (κ1) is 28.6. The molecule has 2 aromatic rings. The molecule has 206 valence electrons. The van der Waals surface area contributed by atoms with E-state index >= 15 is 0 Å². The number of hydrogen-bond donors (Lipinski definition) is 2. The second-order valence-corrected chi connectivity index (χ2v) is 11.3. The number of amides is 2. The molecule has 6 nitrogen and oxygen atoms in total. The zero-order valence-electron chi connectivity index (χ0n) is 20.7. The summed E-state index contributed by atoms with van der Waals surface area (Å²) in [6.45, 7) is 1.93. The molecule has 0 radical (unpaired) electrons. The molecule has 2 heterocycles. The lowest BCUT2D eigenvalue weighted by Crippen LogP contribution is -2.55. The first-order chi connectivity index (χ1) is 17.7. The summed E-state index contributed by atoms with van der Waals surface area (Å²) in [5, 5.41) is 6.03. The van der Waals surface area contributed by atoms with Crippen molar-refractivity contribution in [1.82, 2.24) is 10.6 Å². The third kappa shape index (κ3) is 6.61. The molecule has 12 heteroatoms. The Morgan fingerprint density at radius 3 is 2.24 bits per heavy atom. The molecular weight excluding hydrogens is 566 g/mol. The summed E-state index contributed by atoms with van der Waals surface area (Å²) in [5.41, 5.74) is -0.405. The van der Waals surface area contributed by atoms with Crippen LogP contribution in [0.4, 0.5) is 18.9 Å². The van der Waals surface area contributed by atoms with Crippen LogP contribution in [0, 0.1) is 0 Å². The summed E-state index contributed by atoms with van der Waals surface area (Å²) in [6, 6.07) is 9.47. The van der Waals surface area contributed by atoms with Gasteiger partial charge in [-0.2, -0.15) is 13.2 Å². The molecule has 0 aliphatic carbocycles. The minimum atomic E-state index is -4.50. The van der Waals surface area contributed by atoms with Gasteiger partial charge in [0.15, 0.2) is 5.60 Å². The van der Waals surface area contributed by atoms with Crippen molar-refractivity contribution in [2.24, 2.45) is 0 Å². The quantitative estimate of drug-likeness (QED) is 0.390. The highest BCUT2D eigenvalue weighted by Gasteiger charge is 2.43. The van der Waals surface area contributed by atoms with Crippen LogP contribution in [-0.4, -0.2) is 48.3 Å². The summed E-state index contributed by atoms with van der Waals surface area (Å²) in [6.07, 6.45) is -1.32. The van der Waals surface area contributed by atoms with Gasteiger partial charge in [0.05, 0.1) is 15.7 Å². The molecule has 2 aliphatic heterocycles. The minimum absolute atomic E-state index is 0.0560. The Hall–Kier alpha value is -2.36. The van der Waals surface area contributed by atoms with Crippen LogP contribution < -0.4 is 20.3 Å². The summed E-state index contributed by atoms with van der Waals surface area (Å²) in [7, 11) is 0. The molecule has 2 amide bonds. The van der Waals surface area contributed by atoms with Gasteiger partial charge in [0.1, 0.15) is 12.3 Å². The molecule has 2 fully saturated rings. The monoisotopic (exact) mass is 591 g/mol. The topological polar surface area (TPSA) is 70.7 Å². The van der Waals surface area contributed by atoms with E-state index in [0.717, 1.165) is 18.5 Å². The fraction of sp³-hybridized carbons (Fsp3) is 0.462. The maximum atomic E-state index is 13.1. The number of carbonyl (C=O) groups excluding carboxylic acids is 2. The van der Waals surface area contributed by atoms with Crippen molar-refractivity contribution in [3.63, 3.8) is 0 Å². The van der Waals surface area contributed by atoms with Crippen LogP contribution in [0.25, 0.3) is 0 Å². The maximum absolute atomic E-state index is 13.1. The van der Waals surface area contributed by atoms with Gasteiger partial charge in [0, 0.05) is 28.7 Å². The van der Waals surface area contributed by atoms with E-state index in [2.05, 4.69) is 10.2 Å². The number of benzene rings is 2. The molecule has 4 rings (SSSR count). The Morgan fingerprint density at radius 2 is 1.66 bits per heavy atom. The number of ether oxygens (including phenoxy) is 1. The Morgan fingerprint density at radius 1 is 1.00 bits per heavy atom. The van der Waals surface area contributed by atoms with E-state index in [9.17, 15) is 22.8 Å². The minimum Gasteiger partial charge on any atom is -0.476 e. The lowest BCUT2D eigenvalue weighted by atomic mass is 9.95. The van der Waals surface area contributed by atoms with Crippen molar-refractivity contribution >= 4 is 52.3 Å². The molecular formula is C26H27Cl3F3N3O3. The van der Waals surface area contributed by atoms with Crippen molar-refractivity contribution in [2.45, 2.75) is 69.4 Å². The van der Waals surface area contributed by atoms with E-state index in [0.29, 0.717) is 33.7 Å². The molecule has 0 aromatic heterocycles. The van der Waals surface area contributed by atoms with Gasteiger partial charge in [-0.05, 0) is 75.9 Å². The Labute approximate surface area is 233 Å². The smallest absolute Gasteiger partial charge is 0.405 e. The predicted molar refractivity (Wildman–Crippen MR) is 141 cm³/mol. The number of rotatable bonds is 7. The summed E-state index contributed by atoms with van der Waals surface area (Å²) < 4.78 is 43.2. The number of fused-ring (bicyclic) bond motifs is 2. The molecule has 0 spiro atoms. The number of piperidine rings is 1. The van der Waals surface area contributed by atoms with Crippen molar-refractivity contribution in [2.75, 3.05) is 11.4 Å². The van der Waals surface area contributed by atoms with Crippen LogP contribution in [0.1, 0.15) is 49.9 Å². The van der Waals surface area contributed by atoms with Gasteiger partial charge in [0.25, 0.3) is 11.8 Å². The zero-order chi connectivity index (χ0) is 27.8. The standard InChI is InChI=1S/C26H27Cl3F3N3O3/c1-25(2,38-22-8-4-15(27)10-20(22)29)24(37)34-16-11-17-5-6-18(12-16)35(17)21-7-3-14(9-19(21)28)23(36)33-13-26(30,31)32/h3-4,7-10,16-18H,5-6,11-13H2,1-2H3,(H,33,36)(H,34,37)/t16?,17-,18+. The van der Waals surface area contributed by atoms with E-state index in [1.165, 1.54) is 12.1 Å². The average molecular weight is 593 g/mol. The van der Waals surface area contributed by atoms with Crippen molar-refractivity contribution < 1.29 is 27.5 Å². The van der Waals surface area contributed by atoms with Crippen molar-refractivity contribution in [3.8, 4) is 5.75 Å². The third-order valence-electron chi connectivity index (χ3n) is 6.81. The summed E-state index contributed by atoms with van der Waals surface area (Å²) >= 11 is 18.6. The highest BCUT2D eigenvalue weighted by atomic mass is 35.5. The van der Waals surface area contributed by atoms with Gasteiger partial charge in [-0.15, -0.1) is 0 Å². The van der Waals surface area contributed by atoms with E-state index in [1.807, 2.05) is 5.32 Å². The number of alkyl halides is 3. The first-order valence-corrected chi connectivity index (χ1v) is 13.2. The molecule has 2 N–H and O–H groups in total. The van der Waals surface area contributed by atoms with E-state index in [1.54, 1.807) is 38.1 Å². The maximum Gasteiger partial charge on any atom is 0.405 e. The van der Waals surface area contributed by atoms with Gasteiger partial charge in [0.2, 0.25) is 0 Å². The molecule has 3 atom stereocenters. The van der Waals surface area contributed by atoms with Crippen LogP contribution in [0.2, 0.25) is 15.1 Å². The number of hydrogen-bond acceptors (Lipinski definition) is 4. The van der Waals surface area contributed by atoms with E-state index in [-0.39, 0.29) is 29.6 Å². The van der Waals surface area contributed by atoms with Gasteiger partial charge >= 0.3 is 6.18 Å². The molecule has 2 saturated heterocycles. The van der Waals surface area contributed by atoms with E-state index in [4.69, 9.17) is 39.5 Å². The fourth-order valence-electron chi connectivity index (χ4n) is 5.07. The van der Waals surface area contributed by atoms with Crippen LogP contribution in [0.15, 0.2) is 36.4 Å². The second kappa shape index (κ2) is 11.0. The number of carbonyl (C=O) groups is 2. The fourth-order valence-corrected chi connectivity index (χ4v) is 5.79. The highest BCUT2D eigenvalue weighted by molar-refractivity contribution is 6.35. The Kier molecular flexibility index (Phi) is 8.31. The highest BCUT2D eigenvalue weighted by Crippen LogP contribution is 2.42. The summed E-state index contributed by atoms with van der Waals surface area (Å²) in [4.78, 5) is 27.4. The first-order valence-electron chi connectivity index (χ1n) is 12.1. The van der Waals surface area contributed by atoms with Gasteiger partial charge in [-0.1, -0.05) is 34.8 Å². The lowest BCUT2D eigenvalue weighted by Gasteiger charge is -2.42. The van der Waals surface area contributed by atoms with Gasteiger partial charge in [-0.3, -0.25) is 9.59 Å². The molecule has 2 bridgehead atoms. The molecule has 0 saturated carbocycles. The number of nitrogens with zero attached hydrogens (tertiary/aromatic N) is 1. The zero-order valence-corrected chi connectivity index (χ0v) is 22.9. The number of halogens is 6. The molecule has 2 aliphatic rings. The van der Waals surface area contributed by atoms with Crippen LogP contribution in [0.3, 0.4) is 0 Å². The van der Waals surface area contributed by atoms with Crippen molar-refractivity contribution in [1.29, 1.82) is 0 Å². The van der Waals surface area contributed by atoms with E-state index < -0.39 is 24.2 Å². The number of nitrogens with one attached hydrogen (secondary N) is 2. The normalized spacial score (nSPS) is 21.3. The average Bonchev–Trinajstić information content (AvgIpc) is 3.08. The van der Waals surface area contributed by atoms with Crippen molar-refractivity contribution in [3.05, 3.63) is 57.0 Å². The molecule has 38 heavy (non-hydrogen) atoms. The SMILES string of the molecule is CC(C)(Oc1ccc(Cl)cc1Cl)C(=O)NC1C[C@H]2CC[C@@H](C1)N2c1ccc(C(=O)NCC(F)(F)F)cc1Cl. The Balaban J connectivity index is 1.39.